The van der Waals surface area contributed by atoms with E-state index < -0.39 is 0 Å². The maximum Gasteiger partial charge on any atom is 0.0737 e. The number of hydrogen-bond acceptors (Lipinski definition) is 4. The van der Waals surface area contributed by atoms with Crippen LogP contribution in [0.3, 0.4) is 0 Å². The van der Waals surface area contributed by atoms with Gasteiger partial charge in [0.05, 0.1) is 11.0 Å². The largest absolute Gasteiger partial charge is 0.384 e. The molecule has 0 saturated carbocycles. The Bertz CT molecular complexity index is 1070. The van der Waals surface area contributed by atoms with Gasteiger partial charge in [-0.2, -0.15) is 0 Å². The van der Waals surface area contributed by atoms with Crippen LogP contribution in [0.5, 0.6) is 0 Å². The molecule has 0 radical (unpaired) electrons. The summed E-state index contributed by atoms with van der Waals surface area (Å²) in [7, 11) is 0. The number of anilines is 2. The van der Waals surface area contributed by atoms with Crippen LogP contribution < -0.4 is 10.6 Å². The molecule has 0 saturated heterocycles. The van der Waals surface area contributed by atoms with Gasteiger partial charge in [-0.1, -0.05) is 42.5 Å². The van der Waals surface area contributed by atoms with Gasteiger partial charge in [0.15, 0.2) is 0 Å². The van der Waals surface area contributed by atoms with Crippen molar-refractivity contribution in [2.75, 3.05) is 23.7 Å². The second kappa shape index (κ2) is 10.7. The van der Waals surface area contributed by atoms with Crippen LogP contribution in [-0.2, 0) is 0 Å². The fourth-order valence-electron chi connectivity index (χ4n) is 3.78. The Labute approximate surface area is 193 Å². The van der Waals surface area contributed by atoms with Crippen LogP contribution in [0.2, 0.25) is 10.0 Å². The Morgan fingerprint density at radius 1 is 0.581 bits per heavy atom. The van der Waals surface area contributed by atoms with Gasteiger partial charge in [0.2, 0.25) is 0 Å². The van der Waals surface area contributed by atoms with Crippen LogP contribution in [0.1, 0.15) is 32.1 Å². The average Bonchev–Trinajstić information content (AvgIpc) is 2.77. The van der Waals surface area contributed by atoms with Crippen molar-refractivity contribution in [3.8, 4) is 0 Å². The molecule has 2 N–H and O–H groups in total. The minimum absolute atomic E-state index is 0.716. The summed E-state index contributed by atoms with van der Waals surface area (Å²) in [5.74, 6) is 0. The second-order valence-corrected chi connectivity index (χ2v) is 8.53. The van der Waals surface area contributed by atoms with Crippen LogP contribution in [0.4, 0.5) is 11.4 Å². The van der Waals surface area contributed by atoms with Crippen LogP contribution in [0, 0.1) is 0 Å². The highest BCUT2D eigenvalue weighted by Gasteiger charge is 2.03. The predicted octanol–water partition coefficient (Wildman–Crippen LogP) is 7.56. The fourth-order valence-corrected chi connectivity index (χ4v) is 4.11. The van der Waals surface area contributed by atoms with Gasteiger partial charge in [-0.25, -0.2) is 0 Å². The van der Waals surface area contributed by atoms with E-state index in [-0.39, 0.29) is 0 Å². The number of nitrogens with one attached hydrogen (secondary N) is 2. The number of pyridine rings is 2. The van der Waals surface area contributed by atoms with Gasteiger partial charge >= 0.3 is 0 Å². The Morgan fingerprint density at radius 2 is 1.03 bits per heavy atom. The van der Waals surface area contributed by atoms with Crippen molar-refractivity contribution in [1.29, 1.82) is 0 Å². The standard InChI is InChI=1S/C25H26Cl2N4/c26-18-6-8-20-22(10-14-30-24(20)16-18)28-12-4-2-1-3-5-13-29-23-11-15-31-25-17-19(27)7-9-21(23)25/h6-11,14-17H,1-5,12-13H2,(H,28,30)(H,29,31). The molecule has 0 bridgehead atoms. The first-order valence-corrected chi connectivity index (χ1v) is 11.5. The van der Waals surface area contributed by atoms with Gasteiger partial charge in [0.1, 0.15) is 0 Å². The molecule has 2 heterocycles. The molecule has 4 nitrogen and oxygen atoms in total. The van der Waals surface area contributed by atoms with Crippen molar-refractivity contribution < 1.29 is 0 Å². The lowest BCUT2D eigenvalue weighted by Crippen LogP contribution is -2.03. The third-order valence-electron chi connectivity index (χ3n) is 5.39. The van der Waals surface area contributed by atoms with E-state index >= 15 is 0 Å². The Balaban J connectivity index is 1.14. The number of nitrogens with zero attached hydrogens (tertiary/aromatic N) is 2. The summed E-state index contributed by atoms with van der Waals surface area (Å²) in [5.41, 5.74) is 4.10. The quantitative estimate of drug-likeness (QED) is 0.243. The van der Waals surface area contributed by atoms with E-state index in [2.05, 4.69) is 20.6 Å². The maximum atomic E-state index is 6.06. The molecule has 0 spiro atoms. The molecule has 0 fully saturated rings. The van der Waals surface area contributed by atoms with Crippen molar-refractivity contribution >= 4 is 56.4 Å². The van der Waals surface area contributed by atoms with E-state index in [1.807, 2.05) is 60.9 Å². The van der Waals surface area contributed by atoms with Gasteiger partial charge in [0.25, 0.3) is 0 Å². The molecular weight excluding hydrogens is 427 g/mol. The van der Waals surface area contributed by atoms with E-state index in [0.717, 1.165) is 59.1 Å². The summed E-state index contributed by atoms with van der Waals surface area (Å²) in [6.45, 7) is 1.93. The summed E-state index contributed by atoms with van der Waals surface area (Å²) in [6, 6.07) is 15.7. The summed E-state index contributed by atoms with van der Waals surface area (Å²) in [6.07, 6.45) is 9.64. The molecule has 4 aromatic rings. The zero-order valence-electron chi connectivity index (χ0n) is 17.4. The monoisotopic (exact) mass is 452 g/mol. The fraction of sp³-hybridized carbons (Fsp3) is 0.280. The molecule has 2 aromatic heterocycles. The van der Waals surface area contributed by atoms with Crippen molar-refractivity contribution in [2.24, 2.45) is 0 Å². The smallest absolute Gasteiger partial charge is 0.0737 e. The Hall–Kier alpha value is -2.56. The number of halogens is 2. The molecule has 0 aliphatic heterocycles. The third kappa shape index (κ3) is 5.78. The molecule has 0 aliphatic carbocycles. The second-order valence-electron chi connectivity index (χ2n) is 7.66. The first-order valence-electron chi connectivity index (χ1n) is 10.8. The van der Waals surface area contributed by atoms with E-state index in [1.165, 1.54) is 19.3 Å². The van der Waals surface area contributed by atoms with Crippen LogP contribution in [0.25, 0.3) is 21.8 Å². The highest BCUT2D eigenvalue weighted by atomic mass is 35.5. The maximum absolute atomic E-state index is 6.06. The lowest BCUT2D eigenvalue weighted by atomic mass is 10.1. The molecule has 160 valence electrons. The topological polar surface area (TPSA) is 49.8 Å². The number of unbranched alkanes of at least 4 members (excludes halogenated alkanes) is 4. The number of aromatic nitrogens is 2. The number of fused-ring (bicyclic) bond motifs is 2. The van der Waals surface area contributed by atoms with E-state index in [1.54, 1.807) is 0 Å². The van der Waals surface area contributed by atoms with Gasteiger partial charge < -0.3 is 10.6 Å². The lowest BCUT2D eigenvalue weighted by Gasteiger charge is -2.10. The molecular formula is C25H26Cl2N4. The van der Waals surface area contributed by atoms with Crippen molar-refractivity contribution in [3.05, 3.63) is 71.0 Å². The van der Waals surface area contributed by atoms with Gasteiger partial charge in [-0.05, 0) is 61.4 Å². The van der Waals surface area contributed by atoms with Crippen LogP contribution in [0.15, 0.2) is 60.9 Å². The Morgan fingerprint density at radius 3 is 1.52 bits per heavy atom. The minimum Gasteiger partial charge on any atom is -0.384 e. The molecule has 4 rings (SSSR count). The summed E-state index contributed by atoms with van der Waals surface area (Å²) in [4.78, 5) is 8.78. The first kappa shape index (κ1) is 21.7. The molecule has 6 heteroatoms. The highest BCUT2D eigenvalue weighted by molar-refractivity contribution is 6.31. The molecule has 0 atom stereocenters. The van der Waals surface area contributed by atoms with E-state index in [4.69, 9.17) is 23.2 Å². The highest BCUT2D eigenvalue weighted by Crippen LogP contribution is 2.25. The SMILES string of the molecule is Clc1ccc2c(NCCCCCCCNc3ccnc4cc(Cl)ccc34)ccnc2c1. The molecule has 0 amide bonds. The number of rotatable bonds is 10. The molecule has 2 aromatic carbocycles. The van der Waals surface area contributed by atoms with Crippen molar-refractivity contribution in [1.82, 2.24) is 9.97 Å². The number of benzene rings is 2. The average molecular weight is 453 g/mol. The summed E-state index contributed by atoms with van der Waals surface area (Å²) in [5, 5.41) is 10.7. The molecule has 0 unspecified atom stereocenters. The molecule has 31 heavy (non-hydrogen) atoms. The van der Waals surface area contributed by atoms with Gasteiger partial charge in [-0.15, -0.1) is 0 Å². The summed E-state index contributed by atoms with van der Waals surface area (Å²) < 4.78 is 0. The normalized spacial score (nSPS) is 11.2. The van der Waals surface area contributed by atoms with Crippen molar-refractivity contribution in [3.63, 3.8) is 0 Å². The zero-order valence-corrected chi connectivity index (χ0v) is 18.9. The van der Waals surface area contributed by atoms with Crippen molar-refractivity contribution in [2.45, 2.75) is 32.1 Å². The van der Waals surface area contributed by atoms with E-state index in [9.17, 15) is 0 Å². The van der Waals surface area contributed by atoms with E-state index in [0.29, 0.717) is 10.0 Å². The Kier molecular flexibility index (Phi) is 7.44. The minimum atomic E-state index is 0.716. The zero-order chi connectivity index (χ0) is 21.5. The molecule has 0 aliphatic rings. The number of hydrogen-bond donors (Lipinski definition) is 2. The first-order chi connectivity index (χ1) is 15.2. The predicted molar refractivity (Wildman–Crippen MR) is 134 cm³/mol. The van der Waals surface area contributed by atoms with Gasteiger partial charge in [0, 0.05) is 57.7 Å². The summed E-state index contributed by atoms with van der Waals surface area (Å²) >= 11 is 12.1. The van der Waals surface area contributed by atoms with Crippen LogP contribution in [-0.4, -0.2) is 23.1 Å². The van der Waals surface area contributed by atoms with Crippen LogP contribution >= 0.6 is 23.2 Å². The third-order valence-corrected chi connectivity index (χ3v) is 5.86. The lowest BCUT2D eigenvalue weighted by molar-refractivity contribution is 0.635. The van der Waals surface area contributed by atoms with Gasteiger partial charge in [-0.3, -0.25) is 9.97 Å².